The molecule has 0 saturated heterocycles. The molecule has 0 aliphatic heterocycles. The van der Waals surface area contributed by atoms with Crippen LogP contribution in [0.2, 0.25) is 0 Å². The first-order valence-corrected chi connectivity index (χ1v) is 5.67. The molecule has 0 amide bonds. The largest absolute Gasteiger partial charge is 1.00 e. The van der Waals surface area contributed by atoms with Gasteiger partial charge in [0.05, 0.1) is 6.10 Å². The molecule has 0 aliphatic carbocycles. The molecule has 0 aromatic rings. The van der Waals surface area contributed by atoms with Crippen LogP contribution in [0.3, 0.4) is 0 Å². The van der Waals surface area contributed by atoms with E-state index in [-0.39, 0.29) is 30.9 Å². The van der Waals surface area contributed by atoms with E-state index < -0.39 is 7.82 Å². The quantitative estimate of drug-likeness (QED) is 0.171. The van der Waals surface area contributed by atoms with E-state index >= 15 is 0 Å². The van der Waals surface area contributed by atoms with Crippen molar-refractivity contribution in [2.24, 2.45) is 0 Å². The third kappa shape index (κ3) is 29.2. The van der Waals surface area contributed by atoms with Crippen molar-refractivity contribution < 1.29 is 47.6 Å². The molecule has 6 nitrogen and oxygen atoms in total. The Labute approximate surface area is 107 Å². The molecule has 1 unspecified atom stereocenters. The predicted molar refractivity (Wildman–Crippen MR) is 54.6 cm³/mol. The number of hydrogen-bond donors (Lipinski definition) is 3. The molecule has 0 heterocycles. The summed E-state index contributed by atoms with van der Waals surface area (Å²) in [5, 5.41) is 0. The Morgan fingerprint density at radius 1 is 1.56 bits per heavy atom. The molecule has 0 spiro atoms. The van der Waals surface area contributed by atoms with Gasteiger partial charge < -0.3 is 26.3 Å². The van der Waals surface area contributed by atoms with Crippen LogP contribution in [0.4, 0.5) is 0 Å². The van der Waals surface area contributed by atoms with Crippen molar-refractivity contribution in [3.8, 4) is 0 Å². The standard InChI is InChI=1S/C8H13O2.Li.H3O4P/c1-4-6-7(3)10-8(9)5-2;;1-5(2,3)4/h5,7H,1-2,4,6H2,3H3;;(H3,1,2,3,4)/q-1;+1;. The average molecular weight is 246 g/mol. The fraction of sp³-hybridized carbons (Fsp3) is 0.500. The summed E-state index contributed by atoms with van der Waals surface area (Å²) in [5.41, 5.74) is 0. The van der Waals surface area contributed by atoms with Crippen LogP contribution in [0.1, 0.15) is 19.8 Å². The van der Waals surface area contributed by atoms with E-state index in [4.69, 9.17) is 24.0 Å². The second-order valence-corrected chi connectivity index (χ2v) is 3.63. The number of ether oxygens (including phenoxy) is 1. The molecule has 1 atom stereocenters. The SMILES string of the molecule is C=CC(=O)OC(C)CC[CH2-].O=P(O)(O)O.[Li+]. The normalized spacial score (nSPS) is 11.3. The Bertz CT molecular complexity index is 230. The number of carbonyl (C=O) groups is 1. The van der Waals surface area contributed by atoms with Gasteiger partial charge in [-0.25, -0.2) is 9.36 Å². The van der Waals surface area contributed by atoms with Crippen LogP contribution in [0.25, 0.3) is 0 Å². The molecular weight excluding hydrogens is 230 g/mol. The van der Waals surface area contributed by atoms with Gasteiger partial charge in [-0.15, -0.1) is 0 Å². The van der Waals surface area contributed by atoms with E-state index in [9.17, 15) is 4.79 Å². The molecular formula is C8H16LiO6P. The van der Waals surface area contributed by atoms with Crippen LogP contribution in [-0.2, 0) is 14.1 Å². The van der Waals surface area contributed by atoms with Gasteiger partial charge in [-0.05, 0) is 13.3 Å². The summed E-state index contributed by atoms with van der Waals surface area (Å²) in [4.78, 5) is 32.1. The fourth-order valence-corrected chi connectivity index (χ4v) is 0.593. The van der Waals surface area contributed by atoms with E-state index in [2.05, 4.69) is 13.5 Å². The first-order chi connectivity index (χ1) is 6.70. The van der Waals surface area contributed by atoms with Crippen LogP contribution in [0.15, 0.2) is 12.7 Å². The van der Waals surface area contributed by atoms with E-state index in [1.54, 1.807) is 0 Å². The van der Waals surface area contributed by atoms with Crippen LogP contribution in [0, 0.1) is 6.92 Å². The Morgan fingerprint density at radius 3 is 2.19 bits per heavy atom. The maximum absolute atomic E-state index is 10.5. The molecule has 8 heteroatoms. The number of rotatable bonds is 4. The molecule has 0 radical (unpaired) electrons. The maximum atomic E-state index is 10.5. The van der Waals surface area contributed by atoms with Crippen molar-refractivity contribution in [2.45, 2.75) is 25.9 Å². The summed E-state index contributed by atoms with van der Waals surface area (Å²) in [6, 6.07) is 0. The Kier molecular flexibility index (Phi) is 15.1. The predicted octanol–water partition coefficient (Wildman–Crippen LogP) is -2.21. The molecule has 0 fully saturated rings. The van der Waals surface area contributed by atoms with Crippen molar-refractivity contribution in [2.75, 3.05) is 0 Å². The molecule has 0 bridgehead atoms. The Morgan fingerprint density at radius 2 is 1.94 bits per heavy atom. The van der Waals surface area contributed by atoms with Crippen molar-refractivity contribution in [3.05, 3.63) is 19.6 Å². The summed E-state index contributed by atoms with van der Waals surface area (Å²) in [6.07, 6.45) is 2.72. The second kappa shape index (κ2) is 11.4. The van der Waals surface area contributed by atoms with Gasteiger partial charge in [-0.1, -0.05) is 6.58 Å². The second-order valence-electron chi connectivity index (χ2n) is 2.61. The molecule has 90 valence electrons. The van der Waals surface area contributed by atoms with Gasteiger partial charge >= 0.3 is 32.7 Å². The minimum absolute atomic E-state index is 0. The molecule has 0 saturated carbocycles. The zero-order valence-corrected chi connectivity index (χ0v) is 10.4. The van der Waals surface area contributed by atoms with Gasteiger partial charge in [0.2, 0.25) is 0 Å². The average Bonchev–Trinajstić information content (AvgIpc) is 2.01. The summed E-state index contributed by atoms with van der Waals surface area (Å²) in [7, 11) is -4.64. The summed E-state index contributed by atoms with van der Waals surface area (Å²) >= 11 is 0. The van der Waals surface area contributed by atoms with Crippen LogP contribution in [-0.4, -0.2) is 26.8 Å². The summed E-state index contributed by atoms with van der Waals surface area (Å²) < 4.78 is 13.7. The van der Waals surface area contributed by atoms with Crippen LogP contribution >= 0.6 is 7.82 Å². The third-order valence-electron chi connectivity index (χ3n) is 1.09. The molecule has 0 aromatic heterocycles. The fourth-order valence-electron chi connectivity index (χ4n) is 0.593. The zero-order valence-electron chi connectivity index (χ0n) is 9.50. The molecule has 0 aromatic carbocycles. The topological polar surface area (TPSA) is 104 Å². The number of phosphoric acid groups is 1. The monoisotopic (exact) mass is 246 g/mol. The van der Waals surface area contributed by atoms with Crippen molar-refractivity contribution in [1.29, 1.82) is 0 Å². The van der Waals surface area contributed by atoms with Gasteiger partial charge in [-0.2, -0.15) is 6.42 Å². The van der Waals surface area contributed by atoms with Crippen molar-refractivity contribution in [1.82, 2.24) is 0 Å². The van der Waals surface area contributed by atoms with Gasteiger partial charge in [0.15, 0.2) is 0 Å². The molecule has 0 aliphatic rings. The molecule has 16 heavy (non-hydrogen) atoms. The summed E-state index contributed by atoms with van der Waals surface area (Å²) in [5.74, 6) is -0.360. The van der Waals surface area contributed by atoms with Gasteiger partial charge in [0, 0.05) is 6.08 Å². The van der Waals surface area contributed by atoms with E-state index in [1.165, 1.54) is 6.08 Å². The van der Waals surface area contributed by atoms with Gasteiger partial charge in [0.1, 0.15) is 0 Å². The van der Waals surface area contributed by atoms with Crippen LogP contribution < -0.4 is 18.9 Å². The van der Waals surface area contributed by atoms with E-state index in [0.29, 0.717) is 0 Å². The third-order valence-corrected chi connectivity index (χ3v) is 1.09. The van der Waals surface area contributed by atoms with Crippen molar-refractivity contribution in [3.63, 3.8) is 0 Å². The Balaban J connectivity index is -0.000000242. The molecule has 3 N–H and O–H groups in total. The first-order valence-electron chi connectivity index (χ1n) is 4.11. The first kappa shape index (κ1) is 21.2. The Hall–Kier alpha value is -0.0826. The van der Waals surface area contributed by atoms with Crippen LogP contribution in [0.5, 0.6) is 0 Å². The smallest absolute Gasteiger partial charge is 0.460 e. The van der Waals surface area contributed by atoms with Crippen molar-refractivity contribution >= 4 is 13.8 Å². The summed E-state index contributed by atoms with van der Waals surface area (Å²) in [6.45, 7) is 8.77. The van der Waals surface area contributed by atoms with Gasteiger partial charge in [-0.3, -0.25) is 0 Å². The van der Waals surface area contributed by atoms with E-state index in [1.807, 2.05) is 6.92 Å². The number of esters is 1. The molecule has 0 rings (SSSR count). The minimum Gasteiger partial charge on any atom is -0.460 e. The van der Waals surface area contributed by atoms with Gasteiger partial charge in [0.25, 0.3) is 0 Å². The maximum Gasteiger partial charge on any atom is 1.00 e. The minimum atomic E-state index is -4.64. The number of carbonyl (C=O) groups excluding carboxylic acids is 1. The van der Waals surface area contributed by atoms with E-state index in [0.717, 1.165) is 12.8 Å². The number of hydrogen-bond acceptors (Lipinski definition) is 3. The zero-order chi connectivity index (χ0) is 12.5.